The van der Waals surface area contributed by atoms with Crippen molar-refractivity contribution in [2.75, 3.05) is 6.61 Å². The van der Waals surface area contributed by atoms with Gasteiger partial charge in [0.15, 0.2) is 4.47 Å². The topological polar surface area (TPSA) is 39.2 Å². The molecule has 0 amide bonds. The minimum atomic E-state index is -1.79. The number of alkyl halides is 3. The summed E-state index contributed by atoms with van der Waals surface area (Å²) < 4.78 is 3.11. The average molecular weight is 309 g/mol. The summed E-state index contributed by atoms with van der Waals surface area (Å²) in [6, 6.07) is 0. The molecule has 15 heavy (non-hydrogen) atoms. The number of ether oxygens (including phenoxy) is 1. The minimum Gasteiger partial charge on any atom is -0.462 e. The SMILES string of the molecule is CCOC(=O)c1sc(Cl)nc1C(Cl)(Cl)Cl. The Kier molecular flexibility index (Phi) is 4.50. The fourth-order valence-corrected chi connectivity index (χ4v) is 2.46. The number of carbonyl (C=O) groups is 1. The summed E-state index contributed by atoms with van der Waals surface area (Å²) in [4.78, 5) is 15.3. The zero-order chi connectivity index (χ0) is 11.6. The third-order valence-electron chi connectivity index (χ3n) is 1.33. The first-order valence-electron chi connectivity index (χ1n) is 3.77. The highest BCUT2D eigenvalue weighted by atomic mass is 35.6. The number of nitrogens with zero attached hydrogens (tertiary/aromatic N) is 1. The summed E-state index contributed by atoms with van der Waals surface area (Å²) in [7, 11) is 0. The van der Waals surface area contributed by atoms with Gasteiger partial charge in [0.25, 0.3) is 0 Å². The number of halogens is 4. The molecule has 0 aromatic carbocycles. The van der Waals surface area contributed by atoms with Gasteiger partial charge in [-0.2, -0.15) is 0 Å². The van der Waals surface area contributed by atoms with Gasteiger partial charge in [-0.15, -0.1) is 0 Å². The molecular weight excluding hydrogens is 304 g/mol. The molecule has 0 atom stereocenters. The number of esters is 1. The second kappa shape index (κ2) is 5.06. The van der Waals surface area contributed by atoms with E-state index in [4.69, 9.17) is 51.1 Å². The maximum Gasteiger partial charge on any atom is 0.350 e. The van der Waals surface area contributed by atoms with E-state index in [2.05, 4.69) is 4.98 Å². The Balaban J connectivity index is 3.12. The lowest BCUT2D eigenvalue weighted by Gasteiger charge is -2.09. The van der Waals surface area contributed by atoms with Gasteiger partial charge in [0, 0.05) is 0 Å². The van der Waals surface area contributed by atoms with Crippen LogP contribution in [0.5, 0.6) is 0 Å². The molecule has 0 saturated heterocycles. The Morgan fingerprint density at radius 3 is 2.60 bits per heavy atom. The van der Waals surface area contributed by atoms with E-state index < -0.39 is 9.76 Å². The molecule has 0 spiro atoms. The van der Waals surface area contributed by atoms with E-state index in [-0.39, 0.29) is 21.6 Å². The van der Waals surface area contributed by atoms with Crippen LogP contribution in [0, 0.1) is 0 Å². The molecule has 84 valence electrons. The van der Waals surface area contributed by atoms with Crippen LogP contribution >= 0.6 is 57.7 Å². The molecule has 1 aromatic rings. The van der Waals surface area contributed by atoms with Gasteiger partial charge >= 0.3 is 5.97 Å². The molecule has 0 fully saturated rings. The van der Waals surface area contributed by atoms with Crippen molar-refractivity contribution in [3.63, 3.8) is 0 Å². The highest BCUT2D eigenvalue weighted by Crippen LogP contribution is 2.42. The monoisotopic (exact) mass is 307 g/mol. The van der Waals surface area contributed by atoms with Crippen LogP contribution in [-0.2, 0) is 8.53 Å². The Bertz CT molecular complexity index is 374. The lowest BCUT2D eigenvalue weighted by atomic mass is 10.4. The fraction of sp³-hybridized carbons (Fsp3) is 0.429. The Morgan fingerprint density at radius 1 is 1.53 bits per heavy atom. The van der Waals surface area contributed by atoms with Crippen molar-refractivity contribution < 1.29 is 9.53 Å². The van der Waals surface area contributed by atoms with Gasteiger partial charge in [-0.3, -0.25) is 0 Å². The average Bonchev–Trinajstić information content (AvgIpc) is 2.47. The molecule has 1 heterocycles. The lowest BCUT2D eigenvalue weighted by molar-refractivity contribution is 0.0530. The van der Waals surface area contributed by atoms with E-state index in [0.717, 1.165) is 11.3 Å². The van der Waals surface area contributed by atoms with Crippen molar-refractivity contribution in [2.45, 2.75) is 10.7 Å². The van der Waals surface area contributed by atoms with Crippen molar-refractivity contribution in [3.05, 3.63) is 15.0 Å². The van der Waals surface area contributed by atoms with Crippen molar-refractivity contribution in [2.24, 2.45) is 0 Å². The van der Waals surface area contributed by atoms with Crippen molar-refractivity contribution in [1.82, 2.24) is 4.98 Å². The zero-order valence-corrected chi connectivity index (χ0v) is 11.2. The molecule has 0 aliphatic heterocycles. The number of aromatic nitrogens is 1. The lowest BCUT2D eigenvalue weighted by Crippen LogP contribution is -2.11. The molecule has 0 N–H and O–H groups in total. The summed E-state index contributed by atoms with van der Waals surface area (Å²) in [6.45, 7) is 1.91. The molecule has 0 radical (unpaired) electrons. The van der Waals surface area contributed by atoms with Gasteiger partial charge in [0.2, 0.25) is 3.79 Å². The Morgan fingerprint density at radius 2 is 2.13 bits per heavy atom. The maximum absolute atomic E-state index is 11.4. The van der Waals surface area contributed by atoms with Crippen LogP contribution in [0.3, 0.4) is 0 Å². The van der Waals surface area contributed by atoms with Crippen LogP contribution in [0.4, 0.5) is 0 Å². The summed E-state index contributed by atoms with van der Waals surface area (Å²) in [5.41, 5.74) is 0.000880. The summed E-state index contributed by atoms with van der Waals surface area (Å²) in [5.74, 6) is -0.594. The minimum absolute atomic E-state index is 0.000880. The smallest absolute Gasteiger partial charge is 0.350 e. The fourth-order valence-electron chi connectivity index (χ4n) is 0.821. The molecule has 1 rings (SSSR count). The van der Waals surface area contributed by atoms with Crippen LogP contribution in [-0.4, -0.2) is 17.6 Å². The molecule has 3 nitrogen and oxygen atoms in total. The molecule has 8 heteroatoms. The van der Waals surface area contributed by atoms with E-state index >= 15 is 0 Å². The first kappa shape index (κ1) is 13.3. The summed E-state index contributed by atoms with van der Waals surface area (Å²) >= 11 is 23.4. The highest BCUT2D eigenvalue weighted by Gasteiger charge is 2.33. The first-order valence-corrected chi connectivity index (χ1v) is 6.09. The summed E-state index contributed by atoms with van der Waals surface area (Å²) in [5, 5.41) is 0. The van der Waals surface area contributed by atoms with Gasteiger partial charge in [-0.05, 0) is 6.92 Å². The van der Waals surface area contributed by atoms with E-state index in [1.165, 1.54) is 0 Å². The van der Waals surface area contributed by atoms with Gasteiger partial charge in [0.1, 0.15) is 10.6 Å². The van der Waals surface area contributed by atoms with Crippen LogP contribution in [0.2, 0.25) is 4.47 Å². The molecule has 0 unspecified atom stereocenters. The van der Waals surface area contributed by atoms with Gasteiger partial charge in [0.05, 0.1) is 6.61 Å². The largest absolute Gasteiger partial charge is 0.462 e. The van der Waals surface area contributed by atoms with Crippen molar-refractivity contribution in [3.8, 4) is 0 Å². The van der Waals surface area contributed by atoms with Crippen LogP contribution in [0.25, 0.3) is 0 Å². The quantitative estimate of drug-likeness (QED) is 0.616. The maximum atomic E-state index is 11.4. The van der Waals surface area contributed by atoms with Gasteiger partial charge < -0.3 is 4.74 Å². The Labute approximate surface area is 110 Å². The third-order valence-corrected chi connectivity index (χ3v) is 3.01. The molecule has 0 aliphatic rings. The van der Waals surface area contributed by atoms with Crippen LogP contribution in [0.15, 0.2) is 0 Å². The first-order chi connectivity index (χ1) is 6.86. The third kappa shape index (κ3) is 3.36. The second-order valence-electron chi connectivity index (χ2n) is 2.36. The normalized spacial score (nSPS) is 11.5. The highest BCUT2D eigenvalue weighted by molar-refractivity contribution is 7.17. The van der Waals surface area contributed by atoms with Crippen LogP contribution < -0.4 is 0 Å². The summed E-state index contributed by atoms with van der Waals surface area (Å²) in [6.07, 6.45) is 0. The number of hydrogen-bond donors (Lipinski definition) is 0. The molecule has 0 bridgehead atoms. The van der Waals surface area contributed by atoms with E-state index in [1.54, 1.807) is 6.92 Å². The molecule has 0 aliphatic carbocycles. The predicted molar refractivity (Wildman–Crippen MR) is 62.3 cm³/mol. The van der Waals surface area contributed by atoms with E-state index in [1.807, 2.05) is 0 Å². The predicted octanol–water partition coefficient (Wildman–Crippen LogP) is 3.80. The Hall–Kier alpha value is 0.260. The number of carbonyl (C=O) groups excluding carboxylic acids is 1. The van der Waals surface area contributed by atoms with Crippen molar-refractivity contribution >= 4 is 63.7 Å². The molecular formula is C7H5Cl4NO2S. The van der Waals surface area contributed by atoms with E-state index in [0.29, 0.717) is 0 Å². The van der Waals surface area contributed by atoms with Gasteiger partial charge in [-0.25, -0.2) is 9.78 Å². The number of hydrogen-bond acceptors (Lipinski definition) is 4. The molecule has 0 saturated carbocycles. The van der Waals surface area contributed by atoms with Crippen molar-refractivity contribution in [1.29, 1.82) is 0 Å². The second-order valence-corrected chi connectivity index (χ2v) is 6.23. The zero-order valence-electron chi connectivity index (χ0n) is 7.39. The van der Waals surface area contributed by atoms with E-state index in [9.17, 15) is 4.79 Å². The molecule has 1 aromatic heterocycles. The number of rotatable bonds is 2. The standard InChI is InChI=1S/C7H5Cl4NO2S/c1-2-14-5(13)3-4(7(9,10)11)12-6(8)15-3/h2H2,1H3. The van der Waals surface area contributed by atoms with Gasteiger partial charge in [-0.1, -0.05) is 57.7 Å². The van der Waals surface area contributed by atoms with Crippen LogP contribution in [0.1, 0.15) is 22.3 Å². The number of thiazole rings is 1.